The Morgan fingerprint density at radius 2 is 2.26 bits per heavy atom. The first-order valence-corrected chi connectivity index (χ1v) is 8.21. The zero-order valence-electron chi connectivity index (χ0n) is 13.6. The van der Waals surface area contributed by atoms with Crippen LogP contribution in [0.4, 0.5) is 0 Å². The first-order chi connectivity index (χ1) is 11.1. The molecule has 1 fully saturated rings. The van der Waals surface area contributed by atoms with E-state index in [0.29, 0.717) is 19.1 Å². The molecule has 2 unspecified atom stereocenters. The number of carbonyl (C=O) groups excluding carboxylic acids is 1. The summed E-state index contributed by atoms with van der Waals surface area (Å²) in [7, 11) is 0. The monoisotopic (exact) mass is 316 g/mol. The molecule has 124 valence electrons. The van der Waals surface area contributed by atoms with E-state index in [-0.39, 0.29) is 11.9 Å². The number of rotatable bonds is 5. The molecular weight excluding hydrogens is 292 g/mol. The molecule has 2 atom stereocenters. The van der Waals surface area contributed by atoms with E-state index in [2.05, 4.69) is 34.4 Å². The highest BCUT2D eigenvalue weighted by Crippen LogP contribution is 2.22. The summed E-state index contributed by atoms with van der Waals surface area (Å²) >= 11 is 0. The summed E-state index contributed by atoms with van der Waals surface area (Å²) in [6, 6.07) is 7.76. The Balaban J connectivity index is 1.77. The van der Waals surface area contributed by atoms with Gasteiger partial charge >= 0.3 is 0 Å². The van der Waals surface area contributed by atoms with Crippen LogP contribution in [-0.4, -0.2) is 41.7 Å². The number of ether oxygens (including phenoxy) is 1. The molecule has 3 rings (SSSR count). The number of aromatic amines is 1. The van der Waals surface area contributed by atoms with Crippen molar-refractivity contribution >= 4 is 16.9 Å². The summed E-state index contributed by atoms with van der Waals surface area (Å²) in [4.78, 5) is 20.4. The third-order valence-corrected chi connectivity index (χ3v) is 3.98. The molecule has 1 aliphatic rings. The van der Waals surface area contributed by atoms with Gasteiger partial charge in [0, 0.05) is 13.1 Å². The van der Waals surface area contributed by atoms with E-state index in [1.807, 2.05) is 24.3 Å². The molecule has 0 aliphatic carbocycles. The second-order valence-electron chi connectivity index (χ2n) is 6.39. The highest BCUT2D eigenvalue weighted by Gasteiger charge is 2.26. The van der Waals surface area contributed by atoms with Crippen molar-refractivity contribution in [2.45, 2.75) is 32.4 Å². The average molecular weight is 316 g/mol. The Morgan fingerprint density at radius 1 is 1.43 bits per heavy atom. The number of amides is 1. The van der Waals surface area contributed by atoms with E-state index in [1.165, 1.54) is 0 Å². The van der Waals surface area contributed by atoms with Crippen LogP contribution in [0.25, 0.3) is 11.0 Å². The Bertz CT molecular complexity index is 628. The Morgan fingerprint density at radius 3 is 2.96 bits per heavy atom. The Hall–Kier alpha value is -1.92. The molecule has 0 bridgehead atoms. The number of para-hydroxylation sites is 2. The molecule has 2 aromatic rings. The molecule has 1 aromatic heterocycles. The van der Waals surface area contributed by atoms with Crippen LogP contribution in [0.5, 0.6) is 0 Å². The third-order valence-electron chi connectivity index (χ3n) is 3.98. The number of hydrogen-bond acceptors (Lipinski definition) is 4. The molecule has 1 amide bonds. The quantitative estimate of drug-likeness (QED) is 0.785. The molecule has 0 radical (unpaired) electrons. The molecule has 1 aromatic carbocycles. The highest BCUT2D eigenvalue weighted by molar-refractivity contribution is 5.82. The largest absolute Gasteiger partial charge is 0.366 e. The van der Waals surface area contributed by atoms with E-state index >= 15 is 0 Å². The van der Waals surface area contributed by atoms with Crippen molar-refractivity contribution in [3.63, 3.8) is 0 Å². The number of nitrogens with zero attached hydrogens (tertiary/aromatic N) is 1. The zero-order chi connectivity index (χ0) is 16.2. The smallest absolute Gasteiger partial charge is 0.251 e. The first kappa shape index (κ1) is 16.0. The lowest BCUT2D eigenvalue weighted by Gasteiger charge is -2.26. The number of imidazole rings is 1. The maximum absolute atomic E-state index is 12.5. The van der Waals surface area contributed by atoms with Gasteiger partial charge in [-0.15, -0.1) is 0 Å². The summed E-state index contributed by atoms with van der Waals surface area (Å²) in [5, 5.41) is 6.28. The SMILES string of the molecule is CC(C)CC(NC(=O)C1CNCCO1)c1nc2ccccc2[nH]1. The normalized spacial score (nSPS) is 19.9. The molecule has 1 saturated heterocycles. The summed E-state index contributed by atoms with van der Waals surface area (Å²) < 4.78 is 5.54. The summed E-state index contributed by atoms with van der Waals surface area (Å²) in [6.07, 6.45) is 0.397. The number of benzene rings is 1. The van der Waals surface area contributed by atoms with E-state index in [0.717, 1.165) is 29.8 Å². The fourth-order valence-electron chi connectivity index (χ4n) is 2.85. The summed E-state index contributed by atoms with van der Waals surface area (Å²) in [6.45, 7) is 6.20. The van der Waals surface area contributed by atoms with E-state index in [9.17, 15) is 4.79 Å². The van der Waals surface area contributed by atoms with Crippen LogP contribution < -0.4 is 10.6 Å². The number of carbonyl (C=O) groups is 1. The van der Waals surface area contributed by atoms with Gasteiger partial charge in [-0.3, -0.25) is 4.79 Å². The molecule has 0 saturated carbocycles. The number of H-pyrrole nitrogens is 1. The second-order valence-corrected chi connectivity index (χ2v) is 6.39. The number of fused-ring (bicyclic) bond motifs is 1. The summed E-state index contributed by atoms with van der Waals surface area (Å²) in [5.41, 5.74) is 1.90. The van der Waals surface area contributed by atoms with Crippen LogP contribution in [0.2, 0.25) is 0 Å². The number of morpholine rings is 1. The van der Waals surface area contributed by atoms with Crippen molar-refractivity contribution in [3.05, 3.63) is 30.1 Å². The molecule has 2 heterocycles. The number of nitrogens with one attached hydrogen (secondary N) is 3. The first-order valence-electron chi connectivity index (χ1n) is 8.21. The van der Waals surface area contributed by atoms with Crippen molar-refractivity contribution in [1.82, 2.24) is 20.6 Å². The van der Waals surface area contributed by atoms with E-state index in [4.69, 9.17) is 4.74 Å². The Labute approximate surface area is 136 Å². The van der Waals surface area contributed by atoms with Crippen molar-refractivity contribution in [2.75, 3.05) is 19.7 Å². The average Bonchev–Trinajstić information content (AvgIpc) is 2.98. The van der Waals surface area contributed by atoms with Gasteiger partial charge in [-0.2, -0.15) is 0 Å². The van der Waals surface area contributed by atoms with Crippen LogP contribution >= 0.6 is 0 Å². The maximum atomic E-state index is 12.5. The predicted octanol–water partition coefficient (Wildman–Crippen LogP) is 1.75. The van der Waals surface area contributed by atoms with Gasteiger partial charge in [-0.05, 0) is 24.5 Å². The fraction of sp³-hybridized carbons (Fsp3) is 0.529. The van der Waals surface area contributed by atoms with Crippen LogP contribution in [0.1, 0.15) is 32.1 Å². The second kappa shape index (κ2) is 7.10. The van der Waals surface area contributed by atoms with Gasteiger partial charge in [0.25, 0.3) is 5.91 Å². The predicted molar refractivity (Wildman–Crippen MR) is 89.0 cm³/mol. The minimum absolute atomic E-state index is 0.0803. The van der Waals surface area contributed by atoms with Gasteiger partial charge in [0.15, 0.2) is 0 Å². The van der Waals surface area contributed by atoms with Crippen LogP contribution in [0, 0.1) is 5.92 Å². The van der Waals surface area contributed by atoms with Crippen LogP contribution in [-0.2, 0) is 9.53 Å². The molecular formula is C17H24N4O2. The van der Waals surface area contributed by atoms with Gasteiger partial charge in [-0.25, -0.2) is 4.98 Å². The zero-order valence-corrected chi connectivity index (χ0v) is 13.6. The molecule has 1 aliphatic heterocycles. The van der Waals surface area contributed by atoms with Gasteiger partial charge in [0.2, 0.25) is 0 Å². The van der Waals surface area contributed by atoms with E-state index < -0.39 is 6.10 Å². The van der Waals surface area contributed by atoms with Crippen molar-refractivity contribution in [3.8, 4) is 0 Å². The highest BCUT2D eigenvalue weighted by atomic mass is 16.5. The third kappa shape index (κ3) is 3.89. The minimum Gasteiger partial charge on any atom is -0.366 e. The lowest BCUT2D eigenvalue weighted by molar-refractivity contribution is -0.135. The van der Waals surface area contributed by atoms with Gasteiger partial charge in [-0.1, -0.05) is 26.0 Å². The number of aromatic nitrogens is 2. The molecule has 6 heteroatoms. The summed E-state index contributed by atoms with van der Waals surface area (Å²) in [5.74, 6) is 1.17. The molecule has 6 nitrogen and oxygen atoms in total. The topological polar surface area (TPSA) is 79.0 Å². The van der Waals surface area contributed by atoms with Crippen molar-refractivity contribution in [2.24, 2.45) is 5.92 Å². The molecule has 0 spiro atoms. The van der Waals surface area contributed by atoms with Crippen LogP contribution in [0.15, 0.2) is 24.3 Å². The van der Waals surface area contributed by atoms with Crippen LogP contribution in [0.3, 0.4) is 0 Å². The van der Waals surface area contributed by atoms with Crippen molar-refractivity contribution < 1.29 is 9.53 Å². The number of hydrogen-bond donors (Lipinski definition) is 3. The minimum atomic E-state index is -0.428. The fourth-order valence-corrected chi connectivity index (χ4v) is 2.85. The van der Waals surface area contributed by atoms with Crippen molar-refractivity contribution in [1.29, 1.82) is 0 Å². The lowest BCUT2D eigenvalue weighted by Crippen LogP contribution is -2.48. The maximum Gasteiger partial charge on any atom is 0.251 e. The van der Waals surface area contributed by atoms with Gasteiger partial charge in [0.1, 0.15) is 11.9 Å². The standard InChI is InChI=1S/C17H24N4O2/c1-11(2)9-14(21-17(22)15-10-18-7-8-23-15)16-19-12-5-3-4-6-13(12)20-16/h3-6,11,14-15,18H,7-10H2,1-2H3,(H,19,20)(H,21,22). The van der Waals surface area contributed by atoms with E-state index in [1.54, 1.807) is 0 Å². The lowest BCUT2D eigenvalue weighted by atomic mass is 10.0. The Kier molecular flexibility index (Phi) is 4.93. The van der Waals surface area contributed by atoms with Gasteiger partial charge < -0.3 is 20.4 Å². The van der Waals surface area contributed by atoms with Gasteiger partial charge in [0.05, 0.1) is 23.7 Å². The molecule has 3 N–H and O–H groups in total. The molecule has 23 heavy (non-hydrogen) atoms.